The summed E-state index contributed by atoms with van der Waals surface area (Å²) in [5.41, 5.74) is 2.46. The minimum absolute atomic E-state index is 0.330. The Bertz CT molecular complexity index is 821. The summed E-state index contributed by atoms with van der Waals surface area (Å²) >= 11 is 6.14. The fraction of sp³-hybridized carbons (Fsp3) is 0.545. The molecule has 1 N–H and O–H groups in total. The standard InChI is InChI=1S/C22H28ClFN4/c1-22(2,3)8-9-28-12-17-18(13-28)21(17)25-11-15-5-7-20(27-26-15)16-10-14(24)4-6-19(16)23/h4-7,10,17-18,21,25H,8-9,11-13H2,1-3H3/t17-,18+,21?. The molecule has 2 aromatic rings. The van der Waals surface area contributed by atoms with Gasteiger partial charge in [0.25, 0.3) is 0 Å². The van der Waals surface area contributed by atoms with E-state index in [0.717, 1.165) is 17.5 Å². The van der Waals surface area contributed by atoms with Crippen molar-refractivity contribution in [2.75, 3.05) is 19.6 Å². The molecule has 28 heavy (non-hydrogen) atoms. The van der Waals surface area contributed by atoms with Crippen molar-refractivity contribution in [1.82, 2.24) is 20.4 Å². The van der Waals surface area contributed by atoms with Crippen molar-refractivity contribution >= 4 is 11.6 Å². The Morgan fingerprint density at radius 2 is 1.89 bits per heavy atom. The van der Waals surface area contributed by atoms with Crippen molar-refractivity contribution < 1.29 is 4.39 Å². The summed E-state index contributed by atoms with van der Waals surface area (Å²) in [4.78, 5) is 2.61. The van der Waals surface area contributed by atoms with Gasteiger partial charge < -0.3 is 10.2 Å². The Labute approximate surface area is 171 Å². The van der Waals surface area contributed by atoms with Crippen LogP contribution in [0.2, 0.25) is 5.02 Å². The van der Waals surface area contributed by atoms with E-state index < -0.39 is 0 Å². The molecule has 1 saturated carbocycles. The van der Waals surface area contributed by atoms with Gasteiger partial charge in [0.15, 0.2) is 0 Å². The fourth-order valence-electron chi connectivity index (χ4n) is 4.11. The molecular formula is C22H28ClFN4. The predicted molar refractivity (Wildman–Crippen MR) is 111 cm³/mol. The van der Waals surface area contributed by atoms with E-state index in [-0.39, 0.29) is 5.82 Å². The van der Waals surface area contributed by atoms with Crippen LogP contribution in [0.5, 0.6) is 0 Å². The van der Waals surface area contributed by atoms with E-state index in [2.05, 4.69) is 41.2 Å². The van der Waals surface area contributed by atoms with Crippen LogP contribution in [0, 0.1) is 23.1 Å². The van der Waals surface area contributed by atoms with Crippen molar-refractivity contribution in [3.8, 4) is 11.3 Å². The first-order chi connectivity index (χ1) is 13.3. The summed E-state index contributed by atoms with van der Waals surface area (Å²) in [6, 6.07) is 8.66. The van der Waals surface area contributed by atoms with Crippen molar-refractivity contribution in [3.05, 3.63) is 46.9 Å². The molecule has 1 aromatic heterocycles. The molecule has 0 spiro atoms. The van der Waals surface area contributed by atoms with Gasteiger partial charge in [-0.1, -0.05) is 32.4 Å². The number of fused-ring (bicyclic) bond motifs is 1. The quantitative estimate of drug-likeness (QED) is 0.777. The number of likely N-dealkylation sites (tertiary alicyclic amines) is 1. The van der Waals surface area contributed by atoms with Crippen LogP contribution in [0.3, 0.4) is 0 Å². The topological polar surface area (TPSA) is 41.0 Å². The molecular weight excluding hydrogens is 375 g/mol. The number of piperidine rings is 1. The first-order valence-electron chi connectivity index (χ1n) is 10.0. The average molecular weight is 403 g/mol. The molecule has 1 saturated heterocycles. The number of halogens is 2. The van der Waals surface area contributed by atoms with E-state index in [1.54, 1.807) is 6.07 Å². The van der Waals surface area contributed by atoms with Crippen molar-refractivity contribution in [1.29, 1.82) is 0 Å². The summed E-state index contributed by atoms with van der Waals surface area (Å²) in [5, 5.41) is 12.6. The van der Waals surface area contributed by atoms with Crippen LogP contribution in [-0.4, -0.2) is 40.8 Å². The Morgan fingerprint density at radius 1 is 1.14 bits per heavy atom. The van der Waals surface area contributed by atoms with E-state index in [9.17, 15) is 4.39 Å². The average Bonchev–Trinajstić information content (AvgIpc) is 3.10. The Balaban J connectivity index is 1.26. The number of aromatic nitrogens is 2. The zero-order chi connectivity index (χ0) is 19.9. The van der Waals surface area contributed by atoms with E-state index in [0.29, 0.717) is 34.3 Å². The highest BCUT2D eigenvalue weighted by Crippen LogP contribution is 2.45. The second kappa shape index (κ2) is 7.69. The van der Waals surface area contributed by atoms with Gasteiger partial charge >= 0.3 is 0 Å². The molecule has 1 aromatic carbocycles. The number of hydrogen-bond acceptors (Lipinski definition) is 4. The summed E-state index contributed by atoms with van der Waals surface area (Å²) in [7, 11) is 0. The highest BCUT2D eigenvalue weighted by Gasteiger charge is 2.55. The van der Waals surface area contributed by atoms with Gasteiger partial charge in [-0.05, 0) is 60.5 Å². The molecule has 1 aliphatic carbocycles. The van der Waals surface area contributed by atoms with Gasteiger partial charge in [0, 0.05) is 31.2 Å². The number of rotatable bonds is 6. The summed E-state index contributed by atoms with van der Waals surface area (Å²) in [5.74, 6) is 1.22. The van der Waals surface area contributed by atoms with Gasteiger partial charge in [-0.15, -0.1) is 0 Å². The third-order valence-corrected chi connectivity index (χ3v) is 6.22. The molecule has 0 radical (unpaired) electrons. The molecule has 3 atom stereocenters. The van der Waals surface area contributed by atoms with Crippen LogP contribution in [0.15, 0.2) is 30.3 Å². The normalized spacial score (nSPS) is 24.4. The summed E-state index contributed by atoms with van der Waals surface area (Å²) in [6.07, 6.45) is 1.25. The predicted octanol–water partition coefficient (Wildman–Crippen LogP) is 4.39. The van der Waals surface area contributed by atoms with Gasteiger partial charge in [-0.3, -0.25) is 0 Å². The summed E-state index contributed by atoms with van der Waals surface area (Å²) < 4.78 is 13.5. The first kappa shape index (κ1) is 19.7. The van der Waals surface area contributed by atoms with Crippen LogP contribution >= 0.6 is 11.6 Å². The Kier molecular flexibility index (Phi) is 5.43. The van der Waals surface area contributed by atoms with Crippen LogP contribution in [-0.2, 0) is 6.54 Å². The molecule has 1 aliphatic heterocycles. The number of benzene rings is 1. The van der Waals surface area contributed by atoms with E-state index >= 15 is 0 Å². The highest BCUT2D eigenvalue weighted by atomic mass is 35.5. The van der Waals surface area contributed by atoms with E-state index in [1.165, 1.54) is 38.2 Å². The smallest absolute Gasteiger partial charge is 0.123 e. The molecule has 0 amide bonds. The molecule has 4 nitrogen and oxygen atoms in total. The van der Waals surface area contributed by atoms with Gasteiger partial charge in [0.2, 0.25) is 0 Å². The monoisotopic (exact) mass is 402 g/mol. The highest BCUT2D eigenvalue weighted by molar-refractivity contribution is 6.33. The lowest BCUT2D eigenvalue weighted by Gasteiger charge is -2.25. The molecule has 1 unspecified atom stereocenters. The third-order valence-electron chi connectivity index (χ3n) is 5.89. The maximum atomic E-state index is 13.5. The molecule has 0 bridgehead atoms. The molecule has 4 rings (SSSR count). The van der Waals surface area contributed by atoms with Gasteiger partial charge in [-0.25, -0.2) is 4.39 Å². The molecule has 2 aliphatic rings. The minimum Gasteiger partial charge on any atom is -0.308 e. The Morgan fingerprint density at radius 3 is 2.54 bits per heavy atom. The lowest BCUT2D eigenvalue weighted by Crippen LogP contribution is -2.33. The van der Waals surface area contributed by atoms with Crippen LogP contribution in [0.4, 0.5) is 4.39 Å². The van der Waals surface area contributed by atoms with E-state index in [1.807, 2.05) is 12.1 Å². The SMILES string of the molecule is CC(C)(C)CCN1C[C@@H]2C(NCc3ccc(-c4cc(F)ccc4Cl)nn3)[C@@H]2C1. The molecule has 2 heterocycles. The number of nitrogens with one attached hydrogen (secondary N) is 1. The second-order valence-electron chi connectivity index (χ2n) is 9.34. The van der Waals surface area contributed by atoms with Gasteiger partial charge in [0.05, 0.1) is 16.4 Å². The van der Waals surface area contributed by atoms with Crippen molar-refractivity contribution in [3.63, 3.8) is 0 Å². The lowest BCUT2D eigenvalue weighted by atomic mass is 9.92. The van der Waals surface area contributed by atoms with Crippen LogP contribution in [0.1, 0.15) is 32.9 Å². The number of nitrogens with zero attached hydrogens (tertiary/aromatic N) is 3. The van der Waals surface area contributed by atoms with Crippen molar-refractivity contribution in [2.45, 2.75) is 39.8 Å². The zero-order valence-electron chi connectivity index (χ0n) is 16.8. The number of hydrogen-bond donors (Lipinski definition) is 1. The maximum Gasteiger partial charge on any atom is 0.123 e. The Hall–Kier alpha value is -1.56. The third kappa shape index (κ3) is 4.53. The summed E-state index contributed by atoms with van der Waals surface area (Å²) in [6.45, 7) is 11.3. The van der Waals surface area contributed by atoms with Crippen LogP contribution < -0.4 is 5.32 Å². The largest absolute Gasteiger partial charge is 0.308 e. The molecule has 6 heteroatoms. The second-order valence-corrected chi connectivity index (χ2v) is 9.75. The van der Waals surface area contributed by atoms with Gasteiger partial charge in [0.1, 0.15) is 5.82 Å². The van der Waals surface area contributed by atoms with Crippen molar-refractivity contribution in [2.24, 2.45) is 17.3 Å². The fourth-order valence-corrected chi connectivity index (χ4v) is 4.32. The first-order valence-corrected chi connectivity index (χ1v) is 10.4. The molecule has 2 fully saturated rings. The lowest BCUT2D eigenvalue weighted by molar-refractivity contribution is 0.239. The minimum atomic E-state index is -0.330. The maximum absolute atomic E-state index is 13.5. The van der Waals surface area contributed by atoms with Gasteiger partial charge in [-0.2, -0.15) is 10.2 Å². The molecule has 150 valence electrons. The van der Waals surface area contributed by atoms with E-state index in [4.69, 9.17) is 11.6 Å². The zero-order valence-corrected chi connectivity index (χ0v) is 17.5. The van der Waals surface area contributed by atoms with Crippen LogP contribution in [0.25, 0.3) is 11.3 Å².